The Hall–Kier alpha value is -1.15. The minimum Gasteiger partial charge on any atom is -0.205 e. The molecule has 0 heterocycles. The highest BCUT2D eigenvalue weighted by Gasteiger charge is 2.08. The van der Waals surface area contributed by atoms with Crippen molar-refractivity contribution < 1.29 is 8.78 Å². The van der Waals surface area contributed by atoms with Crippen LogP contribution >= 0.6 is 11.6 Å². The summed E-state index contributed by atoms with van der Waals surface area (Å²) in [6, 6.07) is 9.84. The van der Waals surface area contributed by atoms with E-state index in [9.17, 15) is 8.78 Å². The van der Waals surface area contributed by atoms with E-state index < -0.39 is 6.43 Å². The van der Waals surface area contributed by atoms with Crippen molar-refractivity contribution in [1.29, 1.82) is 0 Å². The van der Waals surface area contributed by atoms with Gasteiger partial charge in [-0.2, -0.15) is 0 Å². The predicted molar refractivity (Wildman–Crippen MR) is 53.9 cm³/mol. The Morgan fingerprint density at radius 1 is 1.07 bits per heavy atom. The number of benzene rings is 2. The van der Waals surface area contributed by atoms with Gasteiger partial charge in [0, 0.05) is 16.0 Å². The fourth-order valence-corrected chi connectivity index (χ4v) is 1.62. The summed E-state index contributed by atoms with van der Waals surface area (Å²) in [5.74, 6) is 0. The highest BCUT2D eigenvalue weighted by atomic mass is 35.5. The predicted octanol–water partition coefficient (Wildman–Crippen LogP) is 4.43. The van der Waals surface area contributed by atoms with E-state index in [1.807, 2.05) is 6.07 Å². The zero-order chi connectivity index (χ0) is 10.1. The summed E-state index contributed by atoms with van der Waals surface area (Å²) in [6.07, 6.45) is -2.45. The molecule has 0 aliphatic carbocycles. The van der Waals surface area contributed by atoms with E-state index in [2.05, 4.69) is 0 Å². The number of alkyl halides is 2. The zero-order valence-electron chi connectivity index (χ0n) is 7.18. The summed E-state index contributed by atoms with van der Waals surface area (Å²) >= 11 is 5.89. The Morgan fingerprint density at radius 2 is 1.86 bits per heavy atom. The van der Waals surface area contributed by atoms with Crippen LogP contribution in [0.25, 0.3) is 10.8 Å². The van der Waals surface area contributed by atoms with Gasteiger partial charge in [-0.05, 0) is 17.5 Å². The lowest BCUT2D eigenvalue weighted by Gasteiger charge is -2.03. The molecule has 0 N–H and O–H groups in total. The molecule has 0 atom stereocenters. The third-order valence-electron chi connectivity index (χ3n) is 2.10. The molecular formula is C11H7ClF2. The average molecular weight is 213 g/mol. The van der Waals surface area contributed by atoms with Crippen molar-refractivity contribution in [2.45, 2.75) is 6.43 Å². The lowest BCUT2D eigenvalue weighted by molar-refractivity contribution is 0.151. The van der Waals surface area contributed by atoms with Gasteiger partial charge in [0.2, 0.25) is 0 Å². The molecule has 14 heavy (non-hydrogen) atoms. The molecule has 0 aromatic heterocycles. The van der Waals surface area contributed by atoms with Gasteiger partial charge in [0.05, 0.1) is 0 Å². The van der Waals surface area contributed by atoms with E-state index in [0.29, 0.717) is 10.4 Å². The van der Waals surface area contributed by atoms with Gasteiger partial charge in [-0.25, -0.2) is 8.78 Å². The van der Waals surface area contributed by atoms with Crippen LogP contribution in [0.4, 0.5) is 8.78 Å². The van der Waals surface area contributed by atoms with E-state index in [0.717, 1.165) is 5.39 Å². The first-order valence-electron chi connectivity index (χ1n) is 4.15. The molecule has 0 amide bonds. The standard InChI is InChI=1S/C11H7ClF2/c12-10-3-1-2-7-4-5-8(11(13)14)6-9(7)10/h1-6,11H. The molecule has 0 aliphatic heterocycles. The molecule has 2 aromatic carbocycles. The topological polar surface area (TPSA) is 0 Å². The fraction of sp³-hybridized carbons (Fsp3) is 0.0909. The largest absolute Gasteiger partial charge is 0.263 e. The second-order valence-electron chi connectivity index (χ2n) is 3.02. The maximum absolute atomic E-state index is 12.4. The zero-order valence-corrected chi connectivity index (χ0v) is 7.93. The second-order valence-corrected chi connectivity index (χ2v) is 3.43. The van der Waals surface area contributed by atoms with Crippen molar-refractivity contribution in [2.24, 2.45) is 0 Å². The quantitative estimate of drug-likeness (QED) is 0.656. The number of rotatable bonds is 1. The third-order valence-corrected chi connectivity index (χ3v) is 2.43. The maximum atomic E-state index is 12.4. The number of halogens is 3. The molecule has 0 aliphatic rings. The number of fused-ring (bicyclic) bond motifs is 1. The Kier molecular flexibility index (Phi) is 2.38. The molecule has 0 saturated heterocycles. The maximum Gasteiger partial charge on any atom is 0.263 e. The van der Waals surface area contributed by atoms with Crippen molar-refractivity contribution in [3.63, 3.8) is 0 Å². The normalized spacial score (nSPS) is 11.1. The van der Waals surface area contributed by atoms with Gasteiger partial charge >= 0.3 is 0 Å². The van der Waals surface area contributed by atoms with Gasteiger partial charge in [0.1, 0.15) is 0 Å². The van der Waals surface area contributed by atoms with Crippen LogP contribution in [-0.4, -0.2) is 0 Å². The van der Waals surface area contributed by atoms with Crippen molar-refractivity contribution in [1.82, 2.24) is 0 Å². The van der Waals surface area contributed by atoms with Crippen LogP contribution in [0.5, 0.6) is 0 Å². The molecule has 2 aromatic rings. The molecular weight excluding hydrogens is 206 g/mol. The first-order valence-corrected chi connectivity index (χ1v) is 4.52. The van der Waals surface area contributed by atoms with E-state index in [1.165, 1.54) is 12.1 Å². The Balaban J connectivity index is 2.70. The van der Waals surface area contributed by atoms with E-state index in [4.69, 9.17) is 11.6 Å². The fourth-order valence-electron chi connectivity index (χ4n) is 1.39. The second kappa shape index (κ2) is 3.54. The first-order chi connectivity index (χ1) is 6.68. The monoisotopic (exact) mass is 212 g/mol. The highest BCUT2D eigenvalue weighted by molar-refractivity contribution is 6.35. The highest BCUT2D eigenvalue weighted by Crippen LogP contribution is 2.28. The molecule has 0 unspecified atom stereocenters. The van der Waals surface area contributed by atoms with Crippen LogP contribution in [0, 0.1) is 0 Å². The van der Waals surface area contributed by atoms with Crippen LogP contribution in [-0.2, 0) is 0 Å². The van der Waals surface area contributed by atoms with Crippen LogP contribution < -0.4 is 0 Å². The third kappa shape index (κ3) is 1.58. The summed E-state index contributed by atoms with van der Waals surface area (Å²) < 4.78 is 24.8. The van der Waals surface area contributed by atoms with Crippen molar-refractivity contribution >= 4 is 22.4 Å². The van der Waals surface area contributed by atoms with E-state index >= 15 is 0 Å². The Labute approximate surface area is 85.1 Å². The van der Waals surface area contributed by atoms with Crippen LogP contribution in [0.15, 0.2) is 36.4 Å². The molecule has 0 saturated carbocycles. The average Bonchev–Trinajstić information content (AvgIpc) is 2.18. The summed E-state index contributed by atoms with van der Waals surface area (Å²) in [7, 11) is 0. The van der Waals surface area contributed by atoms with Crippen LogP contribution in [0.2, 0.25) is 5.02 Å². The summed E-state index contributed by atoms with van der Waals surface area (Å²) in [4.78, 5) is 0. The van der Waals surface area contributed by atoms with Gasteiger partial charge in [-0.1, -0.05) is 35.9 Å². The lowest BCUT2D eigenvalue weighted by Crippen LogP contribution is -1.84. The Morgan fingerprint density at radius 3 is 2.57 bits per heavy atom. The minimum atomic E-state index is -2.45. The molecule has 0 fully saturated rings. The number of hydrogen-bond donors (Lipinski definition) is 0. The van der Waals surface area contributed by atoms with E-state index in [-0.39, 0.29) is 5.56 Å². The molecule has 0 bridgehead atoms. The molecule has 3 heteroatoms. The first kappa shape index (κ1) is 9.41. The summed E-state index contributed by atoms with van der Waals surface area (Å²) in [6.45, 7) is 0. The molecule has 0 radical (unpaired) electrons. The summed E-state index contributed by atoms with van der Waals surface area (Å²) in [5, 5.41) is 2.05. The van der Waals surface area contributed by atoms with Crippen molar-refractivity contribution in [3.8, 4) is 0 Å². The SMILES string of the molecule is FC(F)c1ccc2cccc(Cl)c2c1. The Bertz CT molecular complexity index is 466. The van der Waals surface area contributed by atoms with Gasteiger partial charge in [-0.3, -0.25) is 0 Å². The lowest BCUT2D eigenvalue weighted by atomic mass is 10.1. The van der Waals surface area contributed by atoms with Crippen LogP contribution in [0.3, 0.4) is 0 Å². The minimum absolute atomic E-state index is 0.00519. The molecule has 2 rings (SSSR count). The smallest absolute Gasteiger partial charge is 0.205 e. The van der Waals surface area contributed by atoms with E-state index in [1.54, 1.807) is 18.2 Å². The van der Waals surface area contributed by atoms with Gasteiger partial charge in [-0.15, -0.1) is 0 Å². The van der Waals surface area contributed by atoms with Crippen LogP contribution in [0.1, 0.15) is 12.0 Å². The van der Waals surface area contributed by atoms with Gasteiger partial charge in [0.15, 0.2) is 0 Å². The molecule has 0 spiro atoms. The van der Waals surface area contributed by atoms with Gasteiger partial charge < -0.3 is 0 Å². The van der Waals surface area contributed by atoms with Crippen molar-refractivity contribution in [3.05, 3.63) is 47.0 Å². The summed E-state index contributed by atoms with van der Waals surface area (Å²) in [5.41, 5.74) is 0.00519. The van der Waals surface area contributed by atoms with Gasteiger partial charge in [0.25, 0.3) is 6.43 Å². The molecule has 0 nitrogen and oxygen atoms in total. The molecule has 72 valence electrons. The number of hydrogen-bond acceptors (Lipinski definition) is 0. The van der Waals surface area contributed by atoms with Crippen molar-refractivity contribution in [2.75, 3.05) is 0 Å².